The number of rotatable bonds is 2. The molecule has 0 saturated heterocycles. The summed E-state index contributed by atoms with van der Waals surface area (Å²) in [5, 5.41) is 0.749. The third-order valence-corrected chi connectivity index (χ3v) is 2.90. The average Bonchev–Trinajstić information content (AvgIpc) is 2.74. The zero-order valence-corrected chi connectivity index (χ0v) is 9.65. The monoisotopic (exact) mass is 244 g/mol. The number of H-pyrrole nitrogens is 1. The van der Waals surface area contributed by atoms with Crippen molar-refractivity contribution in [3.63, 3.8) is 0 Å². The molecule has 17 heavy (non-hydrogen) atoms. The van der Waals surface area contributed by atoms with Crippen molar-refractivity contribution in [3.05, 3.63) is 53.2 Å². The lowest BCUT2D eigenvalue weighted by atomic mass is 10.1. The second-order valence-electron chi connectivity index (χ2n) is 3.71. The fraction of sp³-hybridized carbons (Fsp3) is 0.0833. The molecule has 3 rings (SSSR count). The van der Waals surface area contributed by atoms with E-state index < -0.39 is 0 Å². The summed E-state index contributed by atoms with van der Waals surface area (Å²) < 4.78 is 0. The quantitative estimate of drug-likeness (QED) is 0.754. The number of imidazole rings is 1. The van der Waals surface area contributed by atoms with Crippen LogP contribution in [0.4, 0.5) is 0 Å². The summed E-state index contributed by atoms with van der Waals surface area (Å²) in [6.45, 7) is 0. The van der Waals surface area contributed by atoms with Gasteiger partial charge in [-0.15, -0.1) is 0 Å². The first-order valence-corrected chi connectivity index (χ1v) is 5.59. The van der Waals surface area contributed by atoms with Crippen LogP contribution in [0.5, 0.6) is 0 Å². The summed E-state index contributed by atoms with van der Waals surface area (Å²) in [6.07, 6.45) is 3.86. The number of nitrogens with zero attached hydrogens (tertiary/aromatic N) is 3. The smallest absolute Gasteiger partial charge is 0.180 e. The van der Waals surface area contributed by atoms with Gasteiger partial charge in [-0.1, -0.05) is 29.8 Å². The SMILES string of the molecule is Clc1ccccc1Cc1nc2ncncc2[nH]1. The summed E-state index contributed by atoms with van der Waals surface area (Å²) >= 11 is 6.10. The minimum Gasteiger partial charge on any atom is -0.339 e. The lowest BCUT2D eigenvalue weighted by Gasteiger charge is -2.00. The highest BCUT2D eigenvalue weighted by Crippen LogP contribution is 2.18. The fourth-order valence-corrected chi connectivity index (χ4v) is 1.92. The summed E-state index contributed by atoms with van der Waals surface area (Å²) in [6, 6.07) is 7.74. The molecular weight excluding hydrogens is 236 g/mol. The number of aromatic amines is 1. The van der Waals surface area contributed by atoms with Crippen LogP contribution in [-0.4, -0.2) is 19.9 Å². The first kappa shape index (κ1) is 10.2. The highest BCUT2D eigenvalue weighted by Gasteiger charge is 2.06. The molecule has 0 saturated carbocycles. The van der Waals surface area contributed by atoms with Gasteiger partial charge < -0.3 is 4.98 Å². The predicted octanol–water partition coefficient (Wildman–Crippen LogP) is 2.60. The minimum absolute atomic E-state index is 0.663. The Hall–Kier alpha value is -1.94. The summed E-state index contributed by atoms with van der Waals surface area (Å²) in [5.74, 6) is 0.841. The number of fused-ring (bicyclic) bond motifs is 1. The molecule has 5 heteroatoms. The molecule has 1 aromatic carbocycles. The lowest BCUT2D eigenvalue weighted by Crippen LogP contribution is -1.91. The second kappa shape index (κ2) is 4.14. The van der Waals surface area contributed by atoms with Crippen molar-refractivity contribution in [3.8, 4) is 0 Å². The molecule has 0 aliphatic heterocycles. The molecule has 0 fully saturated rings. The summed E-state index contributed by atoms with van der Waals surface area (Å²) in [5.41, 5.74) is 2.57. The van der Waals surface area contributed by atoms with Crippen LogP contribution >= 0.6 is 11.6 Å². The van der Waals surface area contributed by atoms with Crippen LogP contribution in [0.3, 0.4) is 0 Å². The normalized spacial score (nSPS) is 10.9. The van der Waals surface area contributed by atoms with E-state index in [0.717, 1.165) is 21.9 Å². The molecule has 2 aromatic heterocycles. The van der Waals surface area contributed by atoms with Gasteiger partial charge in [-0.25, -0.2) is 15.0 Å². The molecule has 0 amide bonds. The molecule has 0 unspecified atom stereocenters. The van der Waals surface area contributed by atoms with Gasteiger partial charge in [-0.05, 0) is 11.6 Å². The van der Waals surface area contributed by atoms with Gasteiger partial charge in [0.1, 0.15) is 17.7 Å². The summed E-state index contributed by atoms with van der Waals surface area (Å²) in [4.78, 5) is 15.6. The predicted molar refractivity (Wildman–Crippen MR) is 65.9 cm³/mol. The van der Waals surface area contributed by atoms with Gasteiger partial charge in [0.25, 0.3) is 0 Å². The van der Waals surface area contributed by atoms with Crippen molar-refractivity contribution in [1.82, 2.24) is 19.9 Å². The minimum atomic E-state index is 0.663. The number of hydrogen-bond acceptors (Lipinski definition) is 3. The van der Waals surface area contributed by atoms with Crippen LogP contribution in [0.15, 0.2) is 36.8 Å². The van der Waals surface area contributed by atoms with Crippen molar-refractivity contribution in [2.24, 2.45) is 0 Å². The maximum Gasteiger partial charge on any atom is 0.180 e. The van der Waals surface area contributed by atoms with E-state index in [4.69, 9.17) is 11.6 Å². The number of benzene rings is 1. The highest BCUT2D eigenvalue weighted by atomic mass is 35.5. The van der Waals surface area contributed by atoms with Crippen LogP contribution < -0.4 is 0 Å². The Bertz CT molecular complexity index is 629. The van der Waals surface area contributed by atoms with Crippen molar-refractivity contribution >= 4 is 22.8 Å². The molecule has 0 atom stereocenters. The van der Waals surface area contributed by atoms with Crippen LogP contribution in [-0.2, 0) is 6.42 Å². The maximum absolute atomic E-state index is 6.10. The molecule has 3 aromatic rings. The van der Waals surface area contributed by atoms with E-state index >= 15 is 0 Å². The molecule has 0 aliphatic carbocycles. The topological polar surface area (TPSA) is 54.5 Å². The highest BCUT2D eigenvalue weighted by molar-refractivity contribution is 6.31. The van der Waals surface area contributed by atoms with Crippen LogP contribution in [0.25, 0.3) is 11.2 Å². The maximum atomic E-state index is 6.10. The average molecular weight is 245 g/mol. The largest absolute Gasteiger partial charge is 0.339 e. The Kier molecular flexibility index (Phi) is 2.49. The van der Waals surface area contributed by atoms with E-state index in [1.54, 1.807) is 6.20 Å². The Morgan fingerprint density at radius 3 is 2.94 bits per heavy atom. The van der Waals surface area contributed by atoms with Crippen LogP contribution in [0.1, 0.15) is 11.4 Å². The Morgan fingerprint density at radius 1 is 1.24 bits per heavy atom. The molecule has 2 heterocycles. The van der Waals surface area contributed by atoms with Crippen LogP contribution in [0.2, 0.25) is 5.02 Å². The van der Waals surface area contributed by atoms with Crippen molar-refractivity contribution in [1.29, 1.82) is 0 Å². The van der Waals surface area contributed by atoms with Gasteiger partial charge in [0, 0.05) is 11.4 Å². The molecule has 0 spiro atoms. The van der Waals surface area contributed by atoms with Crippen molar-refractivity contribution in [2.75, 3.05) is 0 Å². The lowest BCUT2D eigenvalue weighted by molar-refractivity contribution is 1.03. The van der Waals surface area contributed by atoms with E-state index in [0.29, 0.717) is 12.1 Å². The molecule has 0 aliphatic rings. The Labute approximate surface area is 103 Å². The Balaban J connectivity index is 1.98. The third kappa shape index (κ3) is 1.99. The van der Waals surface area contributed by atoms with E-state index in [-0.39, 0.29) is 0 Å². The molecule has 4 nitrogen and oxygen atoms in total. The number of halogens is 1. The molecule has 0 bridgehead atoms. The van der Waals surface area contributed by atoms with Crippen molar-refractivity contribution in [2.45, 2.75) is 6.42 Å². The first-order valence-electron chi connectivity index (χ1n) is 5.21. The van der Waals surface area contributed by atoms with Crippen LogP contribution in [0, 0.1) is 0 Å². The first-order chi connectivity index (χ1) is 8.33. The molecule has 1 N–H and O–H groups in total. The molecule has 84 valence electrons. The standard InChI is InChI=1S/C12H9ClN4/c13-9-4-2-1-3-8(9)5-11-16-10-6-14-7-15-12(10)17-11/h1-4,6-7H,5H2,(H,14,15,16,17). The zero-order valence-electron chi connectivity index (χ0n) is 8.89. The molecular formula is C12H9ClN4. The zero-order chi connectivity index (χ0) is 11.7. The van der Waals surface area contributed by atoms with Gasteiger partial charge in [0.15, 0.2) is 5.65 Å². The van der Waals surface area contributed by atoms with Gasteiger partial charge in [0.2, 0.25) is 0 Å². The van der Waals surface area contributed by atoms with E-state index in [1.807, 2.05) is 24.3 Å². The Morgan fingerprint density at radius 2 is 2.12 bits per heavy atom. The van der Waals surface area contributed by atoms with E-state index in [9.17, 15) is 0 Å². The van der Waals surface area contributed by atoms with Crippen molar-refractivity contribution < 1.29 is 0 Å². The van der Waals surface area contributed by atoms with Gasteiger partial charge >= 0.3 is 0 Å². The fourth-order valence-electron chi connectivity index (χ4n) is 1.72. The summed E-state index contributed by atoms with van der Waals surface area (Å²) in [7, 11) is 0. The van der Waals surface area contributed by atoms with Gasteiger partial charge in [-0.3, -0.25) is 0 Å². The third-order valence-electron chi connectivity index (χ3n) is 2.53. The van der Waals surface area contributed by atoms with E-state index in [2.05, 4.69) is 19.9 Å². The number of nitrogens with one attached hydrogen (secondary N) is 1. The number of hydrogen-bond donors (Lipinski definition) is 1. The van der Waals surface area contributed by atoms with E-state index in [1.165, 1.54) is 6.33 Å². The molecule has 0 radical (unpaired) electrons. The number of aromatic nitrogens is 4. The van der Waals surface area contributed by atoms with Gasteiger partial charge in [-0.2, -0.15) is 0 Å². The second-order valence-corrected chi connectivity index (χ2v) is 4.12. The van der Waals surface area contributed by atoms with Gasteiger partial charge in [0.05, 0.1) is 6.20 Å².